The van der Waals surface area contributed by atoms with E-state index in [2.05, 4.69) is 156 Å². The molecule has 3 nitrogen and oxygen atoms in total. The second-order valence-corrected chi connectivity index (χ2v) is 13.3. The summed E-state index contributed by atoms with van der Waals surface area (Å²) in [6, 6.07) is 38.4. The van der Waals surface area contributed by atoms with Crippen LogP contribution < -0.4 is 4.90 Å². The second kappa shape index (κ2) is 10.8. The summed E-state index contributed by atoms with van der Waals surface area (Å²) in [5, 5.41) is 4.77. The third kappa shape index (κ3) is 5.56. The summed E-state index contributed by atoms with van der Waals surface area (Å²) >= 11 is 0. The summed E-state index contributed by atoms with van der Waals surface area (Å²) in [5.41, 5.74) is 5.99. The van der Waals surface area contributed by atoms with E-state index in [1.807, 2.05) is 12.2 Å². The maximum absolute atomic E-state index is 13.4. The first kappa shape index (κ1) is 28.4. The Kier molecular flexibility index (Phi) is 7.14. The monoisotopic (exact) mass is 562 g/mol. The van der Waals surface area contributed by atoms with Gasteiger partial charge >= 0.3 is 0 Å². The number of Topliss-reactive ketones (excluding diaryl/α,β-unsaturated/α-hetero) is 1. The number of rotatable bonds is 4. The van der Waals surface area contributed by atoms with E-state index in [1.165, 1.54) is 21.5 Å². The Bertz CT molecular complexity index is 1820. The molecule has 0 unspecified atom stereocenters. The van der Waals surface area contributed by atoms with Crippen LogP contribution in [0.15, 0.2) is 137 Å². The van der Waals surface area contributed by atoms with Crippen molar-refractivity contribution < 1.29 is 4.79 Å². The number of hydrogen-bond donors (Lipinski definition) is 0. The van der Waals surface area contributed by atoms with Gasteiger partial charge in [0.1, 0.15) is 0 Å². The van der Waals surface area contributed by atoms with E-state index >= 15 is 0 Å². The topological polar surface area (TPSA) is 32.7 Å². The molecule has 1 aliphatic carbocycles. The summed E-state index contributed by atoms with van der Waals surface area (Å²) in [5.74, 6) is 0.120. The van der Waals surface area contributed by atoms with Crippen LogP contribution in [0.25, 0.3) is 21.5 Å². The number of anilines is 3. The maximum Gasteiger partial charge on any atom is 0.186 e. The van der Waals surface area contributed by atoms with Crippen LogP contribution in [0.5, 0.6) is 0 Å². The highest BCUT2D eigenvalue weighted by molar-refractivity contribution is 6.23. The Morgan fingerprint density at radius 2 is 0.977 bits per heavy atom. The lowest BCUT2D eigenvalue weighted by atomic mass is 9.72. The lowest BCUT2D eigenvalue weighted by Crippen LogP contribution is -2.29. The molecule has 214 valence electrons. The molecule has 5 aromatic rings. The van der Waals surface area contributed by atoms with Crippen LogP contribution in [0, 0.1) is 10.8 Å². The summed E-state index contributed by atoms with van der Waals surface area (Å²) in [6.45, 7) is 12.5. The number of carbonyl (C=O) groups is 1. The van der Waals surface area contributed by atoms with Gasteiger partial charge in [-0.25, -0.2) is 4.99 Å². The van der Waals surface area contributed by atoms with Gasteiger partial charge in [0.2, 0.25) is 0 Å². The fraction of sp³-hybridized carbons (Fsp3) is 0.200. The Hall–Kier alpha value is -4.76. The highest BCUT2D eigenvalue weighted by Crippen LogP contribution is 2.42. The Labute approximate surface area is 254 Å². The minimum absolute atomic E-state index is 0.120. The molecule has 0 saturated carbocycles. The van der Waals surface area contributed by atoms with Crippen LogP contribution in [0.1, 0.15) is 41.5 Å². The third-order valence-corrected chi connectivity index (χ3v) is 8.07. The van der Waals surface area contributed by atoms with Crippen molar-refractivity contribution in [3.8, 4) is 0 Å². The van der Waals surface area contributed by atoms with Gasteiger partial charge in [0.15, 0.2) is 5.78 Å². The number of allylic oxidation sites excluding steroid dienone is 4. The highest BCUT2D eigenvalue weighted by atomic mass is 16.1. The third-order valence-electron chi connectivity index (χ3n) is 8.07. The van der Waals surface area contributed by atoms with E-state index < -0.39 is 0 Å². The molecule has 0 atom stereocenters. The average Bonchev–Trinajstić information content (AvgIpc) is 2.98. The molecule has 0 spiro atoms. The van der Waals surface area contributed by atoms with E-state index in [9.17, 15) is 4.79 Å². The van der Waals surface area contributed by atoms with Gasteiger partial charge in [0.05, 0.1) is 22.8 Å². The molecule has 0 fully saturated rings. The van der Waals surface area contributed by atoms with Crippen molar-refractivity contribution in [2.45, 2.75) is 41.5 Å². The summed E-state index contributed by atoms with van der Waals surface area (Å²) in [6.07, 6.45) is 3.92. The Morgan fingerprint density at radius 1 is 0.535 bits per heavy atom. The lowest BCUT2D eigenvalue weighted by molar-refractivity contribution is -0.114. The largest absolute Gasteiger partial charge is 0.309 e. The van der Waals surface area contributed by atoms with Crippen molar-refractivity contribution in [3.05, 3.63) is 132 Å². The van der Waals surface area contributed by atoms with Gasteiger partial charge in [-0.1, -0.05) is 114 Å². The molecule has 43 heavy (non-hydrogen) atoms. The molecular weight excluding hydrogens is 524 g/mol. The van der Waals surface area contributed by atoms with Gasteiger partial charge in [-0.3, -0.25) is 4.79 Å². The van der Waals surface area contributed by atoms with Crippen molar-refractivity contribution in [2.24, 2.45) is 15.8 Å². The molecule has 0 saturated heterocycles. The van der Waals surface area contributed by atoms with Gasteiger partial charge in [0, 0.05) is 27.6 Å². The molecule has 0 radical (unpaired) electrons. The molecule has 0 N–H and O–H groups in total. The normalized spacial score (nSPS) is 14.1. The Morgan fingerprint density at radius 3 is 1.44 bits per heavy atom. The summed E-state index contributed by atoms with van der Waals surface area (Å²) < 4.78 is 0. The second-order valence-electron chi connectivity index (χ2n) is 13.3. The molecule has 3 heteroatoms. The number of ketones is 1. The molecule has 0 aliphatic heterocycles. The van der Waals surface area contributed by atoms with Crippen molar-refractivity contribution >= 4 is 55.8 Å². The first-order chi connectivity index (χ1) is 20.5. The molecular formula is C40H38N2O. The molecule has 0 amide bonds. The zero-order chi connectivity index (χ0) is 30.4. The number of fused-ring (bicyclic) bond motifs is 2. The van der Waals surface area contributed by atoms with Crippen LogP contribution in [-0.4, -0.2) is 11.5 Å². The molecule has 0 aromatic heterocycles. The molecule has 6 rings (SSSR count). The van der Waals surface area contributed by atoms with Gasteiger partial charge in [-0.15, -0.1) is 0 Å². The predicted molar refractivity (Wildman–Crippen MR) is 183 cm³/mol. The first-order valence-corrected chi connectivity index (χ1v) is 14.9. The summed E-state index contributed by atoms with van der Waals surface area (Å²) in [7, 11) is 0. The van der Waals surface area contributed by atoms with Gasteiger partial charge in [-0.05, 0) is 70.2 Å². The highest BCUT2D eigenvalue weighted by Gasteiger charge is 2.34. The number of hydrogen-bond acceptors (Lipinski definition) is 3. The van der Waals surface area contributed by atoms with Gasteiger partial charge < -0.3 is 4.90 Å². The zero-order valence-corrected chi connectivity index (χ0v) is 25.8. The Balaban J connectivity index is 1.48. The quantitative estimate of drug-likeness (QED) is 0.204. The first-order valence-electron chi connectivity index (χ1n) is 14.9. The number of carbonyl (C=O) groups excluding carboxylic acids is 1. The lowest BCUT2D eigenvalue weighted by Gasteiger charge is -2.31. The fourth-order valence-electron chi connectivity index (χ4n) is 5.83. The summed E-state index contributed by atoms with van der Waals surface area (Å²) in [4.78, 5) is 20.8. The smallest absolute Gasteiger partial charge is 0.186 e. The van der Waals surface area contributed by atoms with E-state index in [-0.39, 0.29) is 16.6 Å². The molecule has 0 bridgehead atoms. The standard InChI is InChI=1S/C40H38N2O/c1-39(2,3)34-25-30(26-35(38(34)43)40(4,5)6)41-29-21-23-31(24-22-29)42(36-19-11-15-27-13-7-9-17-32(27)36)37-20-12-16-28-14-8-10-18-33(28)37/h7-26H,1-6H3. The van der Waals surface area contributed by atoms with Crippen LogP contribution in [0.3, 0.4) is 0 Å². The molecule has 0 heterocycles. The zero-order valence-electron chi connectivity index (χ0n) is 25.8. The van der Waals surface area contributed by atoms with Crippen molar-refractivity contribution in [1.82, 2.24) is 0 Å². The van der Waals surface area contributed by atoms with Crippen LogP contribution in [0.4, 0.5) is 22.7 Å². The van der Waals surface area contributed by atoms with E-state index in [0.717, 1.165) is 39.6 Å². The predicted octanol–water partition coefficient (Wildman–Crippen LogP) is 11.1. The minimum atomic E-state index is -0.274. The molecule has 5 aromatic carbocycles. The van der Waals surface area contributed by atoms with Crippen molar-refractivity contribution in [3.63, 3.8) is 0 Å². The van der Waals surface area contributed by atoms with Crippen molar-refractivity contribution in [1.29, 1.82) is 0 Å². The van der Waals surface area contributed by atoms with Crippen LogP contribution >= 0.6 is 0 Å². The van der Waals surface area contributed by atoms with Crippen LogP contribution in [-0.2, 0) is 4.79 Å². The molecule has 1 aliphatic rings. The van der Waals surface area contributed by atoms with E-state index in [4.69, 9.17) is 4.99 Å². The maximum atomic E-state index is 13.4. The number of benzene rings is 5. The number of aliphatic imine (C=N–C) groups is 1. The SMILES string of the molecule is CC(C)(C)C1=CC(=Nc2ccc(N(c3cccc4ccccc34)c3cccc4ccccc34)cc2)C=C(C(C)(C)C)C1=O. The fourth-order valence-corrected chi connectivity index (χ4v) is 5.83. The van der Waals surface area contributed by atoms with Gasteiger partial charge in [-0.2, -0.15) is 0 Å². The number of nitrogens with zero attached hydrogens (tertiary/aromatic N) is 2. The van der Waals surface area contributed by atoms with E-state index in [1.54, 1.807) is 0 Å². The van der Waals surface area contributed by atoms with Gasteiger partial charge in [0.25, 0.3) is 0 Å². The average molecular weight is 563 g/mol. The van der Waals surface area contributed by atoms with Crippen LogP contribution in [0.2, 0.25) is 0 Å². The van der Waals surface area contributed by atoms with E-state index in [0.29, 0.717) is 0 Å². The van der Waals surface area contributed by atoms with Crippen molar-refractivity contribution in [2.75, 3.05) is 4.90 Å². The minimum Gasteiger partial charge on any atom is -0.309 e.